The van der Waals surface area contributed by atoms with Gasteiger partial charge in [0.15, 0.2) is 0 Å². The Morgan fingerprint density at radius 1 is 0.966 bits per heavy atom. The number of hydrogen-bond acceptors (Lipinski definition) is 4. The highest BCUT2D eigenvalue weighted by Gasteiger charge is 2.23. The summed E-state index contributed by atoms with van der Waals surface area (Å²) in [4.78, 5) is 24.3. The molecule has 0 bridgehead atoms. The number of rotatable bonds is 8. The molecule has 2 aromatic carbocycles. The quantitative estimate of drug-likeness (QED) is 0.528. The highest BCUT2D eigenvalue weighted by Crippen LogP contribution is 2.20. The van der Waals surface area contributed by atoms with Crippen LogP contribution < -0.4 is 20.7 Å². The third-order valence-electron chi connectivity index (χ3n) is 4.18. The van der Waals surface area contributed by atoms with Crippen LogP contribution in [0.25, 0.3) is 0 Å². The predicted octanol–water partition coefficient (Wildman–Crippen LogP) is 3.37. The molecule has 2 aromatic rings. The Kier molecular flexibility index (Phi) is 6.38. The van der Waals surface area contributed by atoms with Crippen molar-refractivity contribution in [3.8, 4) is 0 Å². The summed E-state index contributed by atoms with van der Waals surface area (Å²) in [6, 6.07) is 13.0. The van der Waals surface area contributed by atoms with E-state index >= 15 is 0 Å². The molecule has 1 aliphatic carbocycles. The van der Waals surface area contributed by atoms with Crippen molar-refractivity contribution >= 4 is 39.0 Å². The first-order chi connectivity index (χ1) is 13.8. The van der Waals surface area contributed by atoms with E-state index in [1.807, 2.05) is 0 Å². The molecule has 0 heterocycles. The first-order valence-corrected chi connectivity index (χ1v) is 11.1. The second kappa shape index (κ2) is 8.95. The molecule has 1 saturated carbocycles. The number of urea groups is 1. The predicted molar refractivity (Wildman–Crippen MR) is 114 cm³/mol. The van der Waals surface area contributed by atoms with Gasteiger partial charge in [0.25, 0.3) is 5.91 Å². The van der Waals surface area contributed by atoms with Crippen LogP contribution in [0.5, 0.6) is 0 Å². The van der Waals surface area contributed by atoms with Crippen LogP contribution in [0.1, 0.15) is 36.5 Å². The standard InChI is InChI=1S/C20H24N4O4S/c1-2-12-29(27,28)24-17-10-8-15(9-11-17)21-19(25)14-4-3-5-18(13-14)23-20(26)22-16-6-7-16/h3-5,8-11,13,16,24H,2,6-7,12H2,1H3,(H,21,25)(H2,22,23,26). The van der Waals surface area contributed by atoms with Crippen molar-refractivity contribution in [1.29, 1.82) is 0 Å². The molecule has 3 rings (SSSR count). The Morgan fingerprint density at radius 3 is 2.31 bits per heavy atom. The van der Waals surface area contributed by atoms with Crippen molar-refractivity contribution in [2.45, 2.75) is 32.2 Å². The summed E-state index contributed by atoms with van der Waals surface area (Å²) in [6.07, 6.45) is 2.52. The maximum absolute atomic E-state index is 12.5. The molecule has 29 heavy (non-hydrogen) atoms. The molecule has 0 atom stereocenters. The summed E-state index contributed by atoms with van der Waals surface area (Å²) in [5.74, 6) is -0.287. The third kappa shape index (κ3) is 6.49. The van der Waals surface area contributed by atoms with Gasteiger partial charge in [-0.1, -0.05) is 13.0 Å². The lowest BCUT2D eigenvalue weighted by molar-refractivity contribution is 0.102. The van der Waals surface area contributed by atoms with Crippen molar-refractivity contribution in [2.75, 3.05) is 21.1 Å². The molecule has 8 nitrogen and oxygen atoms in total. The van der Waals surface area contributed by atoms with Crippen LogP contribution in [0.2, 0.25) is 0 Å². The maximum atomic E-state index is 12.5. The smallest absolute Gasteiger partial charge is 0.319 e. The fourth-order valence-corrected chi connectivity index (χ4v) is 3.78. The summed E-state index contributed by atoms with van der Waals surface area (Å²) in [7, 11) is -3.36. The molecule has 154 valence electrons. The molecule has 3 amide bonds. The minimum atomic E-state index is -3.36. The van der Waals surface area contributed by atoms with Gasteiger partial charge >= 0.3 is 6.03 Å². The summed E-state index contributed by atoms with van der Waals surface area (Å²) in [5, 5.41) is 8.29. The van der Waals surface area contributed by atoms with E-state index < -0.39 is 10.0 Å². The number of nitrogens with one attached hydrogen (secondary N) is 4. The van der Waals surface area contributed by atoms with E-state index in [-0.39, 0.29) is 23.7 Å². The van der Waals surface area contributed by atoms with Crippen LogP contribution >= 0.6 is 0 Å². The zero-order valence-corrected chi connectivity index (χ0v) is 16.9. The van der Waals surface area contributed by atoms with Gasteiger partial charge in [-0.25, -0.2) is 13.2 Å². The zero-order chi connectivity index (χ0) is 20.9. The Labute approximate surface area is 170 Å². The molecule has 0 spiro atoms. The van der Waals surface area contributed by atoms with E-state index in [1.54, 1.807) is 55.5 Å². The SMILES string of the molecule is CCCS(=O)(=O)Nc1ccc(NC(=O)c2cccc(NC(=O)NC3CC3)c2)cc1. The van der Waals surface area contributed by atoms with Crippen LogP contribution in [-0.2, 0) is 10.0 Å². The molecule has 9 heteroatoms. The molecule has 0 unspecified atom stereocenters. The van der Waals surface area contributed by atoms with Gasteiger partial charge in [0.1, 0.15) is 0 Å². The number of amides is 3. The van der Waals surface area contributed by atoms with Gasteiger partial charge in [0.2, 0.25) is 10.0 Å². The Balaban J connectivity index is 1.59. The van der Waals surface area contributed by atoms with Crippen molar-refractivity contribution in [3.05, 3.63) is 54.1 Å². The minimum absolute atomic E-state index is 0.0501. The molecular weight excluding hydrogens is 392 g/mol. The lowest BCUT2D eigenvalue weighted by atomic mass is 10.2. The number of sulfonamides is 1. The molecule has 4 N–H and O–H groups in total. The van der Waals surface area contributed by atoms with E-state index in [0.717, 1.165) is 12.8 Å². The fourth-order valence-electron chi connectivity index (χ4n) is 2.64. The van der Waals surface area contributed by atoms with Crippen LogP contribution in [0.4, 0.5) is 21.9 Å². The first-order valence-electron chi connectivity index (χ1n) is 9.44. The monoisotopic (exact) mass is 416 g/mol. The molecule has 1 aliphatic rings. The Bertz CT molecular complexity index is 986. The van der Waals surface area contributed by atoms with Gasteiger partial charge in [0, 0.05) is 28.7 Å². The average molecular weight is 417 g/mol. The van der Waals surface area contributed by atoms with E-state index in [1.165, 1.54) is 0 Å². The lowest BCUT2D eigenvalue weighted by Crippen LogP contribution is -2.30. The number of anilines is 3. The maximum Gasteiger partial charge on any atom is 0.319 e. The largest absolute Gasteiger partial charge is 0.335 e. The zero-order valence-electron chi connectivity index (χ0n) is 16.1. The van der Waals surface area contributed by atoms with Gasteiger partial charge in [-0.2, -0.15) is 0 Å². The lowest BCUT2D eigenvalue weighted by Gasteiger charge is -2.10. The molecule has 1 fully saturated rings. The molecular formula is C20H24N4O4S. The van der Waals surface area contributed by atoms with Gasteiger partial charge in [-0.3, -0.25) is 9.52 Å². The fraction of sp³-hybridized carbons (Fsp3) is 0.300. The molecule has 0 saturated heterocycles. The number of carbonyl (C=O) groups excluding carboxylic acids is 2. The van der Waals surface area contributed by atoms with E-state index in [0.29, 0.717) is 29.0 Å². The van der Waals surface area contributed by atoms with E-state index in [9.17, 15) is 18.0 Å². The number of carbonyl (C=O) groups is 2. The number of hydrogen-bond donors (Lipinski definition) is 4. The Morgan fingerprint density at radius 2 is 1.66 bits per heavy atom. The highest BCUT2D eigenvalue weighted by molar-refractivity contribution is 7.92. The summed E-state index contributed by atoms with van der Waals surface area (Å²) in [6.45, 7) is 1.79. The van der Waals surface area contributed by atoms with E-state index in [4.69, 9.17) is 0 Å². The van der Waals surface area contributed by atoms with Crippen LogP contribution in [0.15, 0.2) is 48.5 Å². The van der Waals surface area contributed by atoms with Gasteiger partial charge in [-0.05, 0) is 61.7 Å². The highest BCUT2D eigenvalue weighted by atomic mass is 32.2. The van der Waals surface area contributed by atoms with Gasteiger partial charge in [-0.15, -0.1) is 0 Å². The second-order valence-corrected chi connectivity index (χ2v) is 8.75. The molecule has 0 aliphatic heterocycles. The molecule has 0 aromatic heterocycles. The topological polar surface area (TPSA) is 116 Å². The van der Waals surface area contributed by atoms with Crippen LogP contribution in [0, 0.1) is 0 Å². The first kappa shape index (κ1) is 20.7. The van der Waals surface area contributed by atoms with Crippen LogP contribution in [-0.4, -0.2) is 32.2 Å². The van der Waals surface area contributed by atoms with E-state index in [2.05, 4.69) is 20.7 Å². The molecule has 0 radical (unpaired) electrons. The summed E-state index contributed by atoms with van der Waals surface area (Å²) in [5.41, 5.74) is 1.88. The normalized spacial score (nSPS) is 13.4. The van der Waals surface area contributed by atoms with Crippen LogP contribution in [0.3, 0.4) is 0 Å². The van der Waals surface area contributed by atoms with Gasteiger partial charge < -0.3 is 16.0 Å². The minimum Gasteiger partial charge on any atom is -0.335 e. The van der Waals surface area contributed by atoms with Crippen molar-refractivity contribution in [1.82, 2.24) is 5.32 Å². The number of benzene rings is 2. The summed E-state index contributed by atoms with van der Waals surface area (Å²) < 4.78 is 26.1. The second-order valence-electron chi connectivity index (χ2n) is 6.91. The Hall–Kier alpha value is -3.07. The van der Waals surface area contributed by atoms with Gasteiger partial charge in [0.05, 0.1) is 5.75 Å². The van der Waals surface area contributed by atoms with Crippen molar-refractivity contribution < 1.29 is 18.0 Å². The average Bonchev–Trinajstić information content (AvgIpc) is 3.47. The third-order valence-corrected chi connectivity index (χ3v) is 5.68. The van der Waals surface area contributed by atoms with Crippen molar-refractivity contribution in [2.24, 2.45) is 0 Å². The van der Waals surface area contributed by atoms with Crippen molar-refractivity contribution in [3.63, 3.8) is 0 Å². The summed E-state index contributed by atoms with van der Waals surface area (Å²) >= 11 is 0.